The van der Waals surface area contributed by atoms with Crippen LogP contribution in [0.15, 0.2) is 35.9 Å². The van der Waals surface area contributed by atoms with Crippen LogP contribution in [0.3, 0.4) is 0 Å². The minimum Gasteiger partial charge on any atom is -0.444 e. The third-order valence-electron chi connectivity index (χ3n) is 3.71. The number of anilines is 1. The van der Waals surface area contributed by atoms with Crippen LogP contribution in [0.2, 0.25) is 0 Å². The van der Waals surface area contributed by atoms with E-state index in [0.717, 1.165) is 17.6 Å². The average Bonchev–Trinajstić information content (AvgIpc) is 2.59. The van der Waals surface area contributed by atoms with Crippen molar-refractivity contribution in [2.45, 2.75) is 59.6 Å². The number of hydrogen-bond donors (Lipinski definition) is 3. The Balaban J connectivity index is 2.49. The van der Waals surface area contributed by atoms with Gasteiger partial charge in [-0.15, -0.1) is 0 Å². The fourth-order valence-corrected chi connectivity index (χ4v) is 2.17. The Morgan fingerprint density at radius 3 is 2.43 bits per heavy atom. The maximum atomic E-state index is 12.0. The molecule has 0 atom stereocenters. The number of rotatable bonds is 8. The van der Waals surface area contributed by atoms with Crippen LogP contribution in [-0.2, 0) is 20.9 Å². The van der Waals surface area contributed by atoms with Crippen LogP contribution in [0.5, 0.6) is 0 Å². The average molecular weight is 389 g/mol. The fraction of sp³-hybridized carbons (Fsp3) is 0.476. The lowest BCUT2D eigenvalue weighted by Crippen LogP contribution is -2.35. The van der Waals surface area contributed by atoms with Crippen LogP contribution in [0.25, 0.3) is 0 Å². The van der Waals surface area contributed by atoms with Crippen molar-refractivity contribution in [2.24, 2.45) is 0 Å². The van der Waals surface area contributed by atoms with Gasteiger partial charge in [0.15, 0.2) is 0 Å². The molecular weight excluding hydrogens is 358 g/mol. The SMILES string of the molecule is CC/C(C)=C/C(=O)Nc1ccccc1CNC(=O)CCNC(=O)OC(C)(C)C. The van der Waals surface area contributed by atoms with Gasteiger partial charge in [-0.05, 0) is 45.7 Å². The molecule has 1 aromatic rings. The molecule has 0 saturated heterocycles. The predicted molar refractivity (Wildman–Crippen MR) is 110 cm³/mol. The quantitative estimate of drug-likeness (QED) is 0.593. The topological polar surface area (TPSA) is 96.5 Å². The molecule has 1 aromatic carbocycles. The van der Waals surface area contributed by atoms with E-state index in [1.165, 1.54) is 0 Å². The van der Waals surface area contributed by atoms with Crippen LogP contribution < -0.4 is 16.0 Å². The zero-order valence-corrected chi connectivity index (χ0v) is 17.3. The summed E-state index contributed by atoms with van der Waals surface area (Å²) < 4.78 is 5.11. The van der Waals surface area contributed by atoms with Crippen molar-refractivity contribution in [1.82, 2.24) is 10.6 Å². The molecule has 1 rings (SSSR count). The molecule has 7 heteroatoms. The highest BCUT2D eigenvalue weighted by Crippen LogP contribution is 2.15. The normalized spacial score (nSPS) is 11.5. The van der Waals surface area contributed by atoms with Gasteiger partial charge >= 0.3 is 6.09 Å². The molecule has 0 aliphatic carbocycles. The van der Waals surface area contributed by atoms with Gasteiger partial charge in [0.1, 0.15) is 5.60 Å². The lowest BCUT2D eigenvalue weighted by molar-refractivity contribution is -0.121. The summed E-state index contributed by atoms with van der Waals surface area (Å²) in [7, 11) is 0. The van der Waals surface area contributed by atoms with Crippen LogP contribution in [-0.4, -0.2) is 30.1 Å². The summed E-state index contributed by atoms with van der Waals surface area (Å²) in [6.45, 7) is 9.66. The largest absolute Gasteiger partial charge is 0.444 e. The van der Waals surface area contributed by atoms with E-state index >= 15 is 0 Å². The molecule has 3 N–H and O–H groups in total. The minimum absolute atomic E-state index is 0.131. The first-order valence-corrected chi connectivity index (χ1v) is 9.40. The number of ether oxygens (including phenoxy) is 1. The zero-order valence-electron chi connectivity index (χ0n) is 17.3. The van der Waals surface area contributed by atoms with Gasteiger partial charge in [0, 0.05) is 31.3 Å². The van der Waals surface area contributed by atoms with Crippen LogP contribution in [0.1, 0.15) is 53.0 Å². The maximum absolute atomic E-state index is 12.0. The number of benzene rings is 1. The number of para-hydroxylation sites is 1. The number of hydrogen-bond acceptors (Lipinski definition) is 4. The Kier molecular flexibility index (Phi) is 9.21. The summed E-state index contributed by atoms with van der Waals surface area (Å²) in [4.78, 5) is 35.6. The molecule has 0 spiro atoms. The summed E-state index contributed by atoms with van der Waals surface area (Å²) in [6, 6.07) is 7.29. The van der Waals surface area contributed by atoms with Gasteiger partial charge in [-0.25, -0.2) is 4.79 Å². The molecule has 0 saturated carbocycles. The summed E-state index contributed by atoms with van der Waals surface area (Å²) in [5.74, 6) is -0.404. The fourth-order valence-electron chi connectivity index (χ4n) is 2.17. The van der Waals surface area contributed by atoms with Crippen molar-refractivity contribution in [2.75, 3.05) is 11.9 Å². The van der Waals surface area contributed by atoms with Gasteiger partial charge in [0.2, 0.25) is 11.8 Å². The third-order valence-corrected chi connectivity index (χ3v) is 3.71. The molecule has 0 aliphatic rings. The molecule has 0 heterocycles. The van der Waals surface area contributed by atoms with Gasteiger partial charge in [0.25, 0.3) is 0 Å². The van der Waals surface area contributed by atoms with E-state index in [9.17, 15) is 14.4 Å². The van der Waals surface area contributed by atoms with E-state index in [2.05, 4.69) is 16.0 Å². The van der Waals surface area contributed by atoms with Crippen molar-refractivity contribution in [3.05, 3.63) is 41.5 Å². The van der Waals surface area contributed by atoms with E-state index in [4.69, 9.17) is 4.74 Å². The lowest BCUT2D eigenvalue weighted by atomic mass is 10.1. The Morgan fingerprint density at radius 1 is 1.11 bits per heavy atom. The maximum Gasteiger partial charge on any atom is 0.407 e. The predicted octanol–water partition coefficient (Wildman–Crippen LogP) is 3.51. The number of nitrogens with one attached hydrogen (secondary N) is 3. The molecule has 0 aromatic heterocycles. The van der Waals surface area contributed by atoms with Crippen LogP contribution in [0.4, 0.5) is 10.5 Å². The smallest absolute Gasteiger partial charge is 0.407 e. The Bertz CT molecular complexity index is 721. The second-order valence-corrected chi connectivity index (χ2v) is 7.45. The molecule has 7 nitrogen and oxygen atoms in total. The standard InChI is InChI=1S/C21H31N3O4/c1-6-15(2)13-19(26)24-17-10-8-7-9-16(17)14-23-18(25)11-12-22-20(27)28-21(3,4)5/h7-10,13H,6,11-12,14H2,1-5H3,(H,22,27)(H,23,25)(H,24,26)/b15-13+. The second kappa shape index (κ2) is 11.1. The molecule has 154 valence electrons. The van der Waals surface area contributed by atoms with Gasteiger partial charge in [-0.3, -0.25) is 9.59 Å². The molecule has 3 amide bonds. The molecule has 0 fully saturated rings. The van der Waals surface area contributed by atoms with Gasteiger partial charge < -0.3 is 20.7 Å². The number of carbonyl (C=O) groups is 3. The summed E-state index contributed by atoms with van der Waals surface area (Å²) in [5, 5.41) is 8.17. The first-order valence-electron chi connectivity index (χ1n) is 9.40. The van der Waals surface area contributed by atoms with Crippen molar-refractivity contribution < 1.29 is 19.1 Å². The van der Waals surface area contributed by atoms with Crippen molar-refractivity contribution in [3.63, 3.8) is 0 Å². The lowest BCUT2D eigenvalue weighted by Gasteiger charge is -2.19. The monoisotopic (exact) mass is 389 g/mol. The highest BCUT2D eigenvalue weighted by atomic mass is 16.6. The summed E-state index contributed by atoms with van der Waals surface area (Å²) in [5.41, 5.74) is 1.86. The van der Waals surface area contributed by atoms with E-state index in [1.54, 1.807) is 32.9 Å². The Morgan fingerprint density at radius 2 is 1.79 bits per heavy atom. The second-order valence-electron chi connectivity index (χ2n) is 7.45. The third kappa shape index (κ3) is 9.75. The molecular formula is C21H31N3O4. The number of allylic oxidation sites excluding steroid dienone is 1. The van der Waals surface area contributed by atoms with E-state index in [1.807, 2.05) is 32.0 Å². The van der Waals surface area contributed by atoms with E-state index in [0.29, 0.717) is 5.69 Å². The van der Waals surface area contributed by atoms with Gasteiger partial charge in [-0.2, -0.15) is 0 Å². The molecule has 0 unspecified atom stereocenters. The first-order chi connectivity index (χ1) is 13.1. The molecule has 28 heavy (non-hydrogen) atoms. The van der Waals surface area contributed by atoms with Gasteiger partial charge in [0.05, 0.1) is 0 Å². The number of amides is 3. The number of carbonyl (C=O) groups excluding carboxylic acids is 3. The van der Waals surface area contributed by atoms with Crippen molar-refractivity contribution in [3.8, 4) is 0 Å². The van der Waals surface area contributed by atoms with E-state index < -0.39 is 11.7 Å². The Hall–Kier alpha value is -2.83. The van der Waals surface area contributed by atoms with E-state index in [-0.39, 0.29) is 31.3 Å². The van der Waals surface area contributed by atoms with Crippen molar-refractivity contribution in [1.29, 1.82) is 0 Å². The number of alkyl carbamates (subject to hydrolysis) is 1. The molecule has 0 bridgehead atoms. The highest BCUT2D eigenvalue weighted by Gasteiger charge is 2.16. The highest BCUT2D eigenvalue weighted by molar-refractivity contribution is 6.00. The van der Waals surface area contributed by atoms with Gasteiger partial charge in [-0.1, -0.05) is 30.7 Å². The zero-order chi connectivity index (χ0) is 21.2. The summed E-state index contributed by atoms with van der Waals surface area (Å²) >= 11 is 0. The minimum atomic E-state index is -0.578. The van der Waals surface area contributed by atoms with Crippen LogP contribution >= 0.6 is 0 Å². The molecule has 0 radical (unpaired) electrons. The van der Waals surface area contributed by atoms with Crippen LogP contribution in [0, 0.1) is 0 Å². The molecule has 0 aliphatic heterocycles. The summed E-state index contributed by atoms with van der Waals surface area (Å²) in [6.07, 6.45) is 1.95. The first kappa shape index (κ1) is 23.2. The van der Waals surface area contributed by atoms with Crippen molar-refractivity contribution >= 4 is 23.6 Å². The Labute approximate surface area is 166 Å².